The molecule has 1 N–H and O–H groups in total. The lowest BCUT2D eigenvalue weighted by molar-refractivity contribution is 0.207. The summed E-state index contributed by atoms with van der Waals surface area (Å²) in [5, 5.41) is 3.52. The third kappa shape index (κ3) is 4.23. The Kier molecular flexibility index (Phi) is 4.23. The Labute approximate surface area is 98.0 Å². The molecule has 1 aromatic carbocycles. The molecule has 0 bridgehead atoms. The molecule has 0 amide bonds. The summed E-state index contributed by atoms with van der Waals surface area (Å²) < 4.78 is 5.81. The van der Waals surface area contributed by atoms with E-state index in [9.17, 15) is 0 Å². The monoisotopic (exact) mass is 219 g/mol. The molecule has 2 heteroatoms. The number of ether oxygens (including phenoxy) is 1. The zero-order valence-electron chi connectivity index (χ0n) is 9.99. The molecular formula is C14H21NO. The van der Waals surface area contributed by atoms with Gasteiger partial charge in [0, 0.05) is 6.04 Å². The second kappa shape index (κ2) is 5.90. The Morgan fingerprint density at radius 2 is 2.06 bits per heavy atom. The maximum atomic E-state index is 5.81. The van der Waals surface area contributed by atoms with E-state index in [4.69, 9.17) is 4.74 Å². The topological polar surface area (TPSA) is 21.3 Å². The quantitative estimate of drug-likeness (QED) is 0.712. The van der Waals surface area contributed by atoms with Gasteiger partial charge < -0.3 is 10.1 Å². The summed E-state index contributed by atoms with van der Waals surface area (Å²) in [5.41, 5.74) is 0. The molecule has 0 aliphatic heterocycles. The van der Waals surface area contributed by atoms with Crippen LogP contribution in [0.4, 0.5) is 0 Å². The van der Waals surface area contributed by atoms with Crippen molar-refractivity contribution in [3.63, 3.8) is 0 Å². The van der Waals surface area contributed by atoms with Crippen LogP contribution in [0.3, 0.4) is 0 Å². The average Bonchev–Trinajstić information content (AvgIpc) is 3.10. The van der Waals surface area contributed by atoms with Gasteiger partial charge in [0.05, 0.1) is 6.10 Å². The predicted octanol–water partition coefficient (Wildman–Crippen LogP) is 2.99. The number of benzene rings is 1. The highest BCUT2D eigenvalue weighted by molar-refractivity contribution is 5.21. The summed E-state index contributed by atoms with van der Waals surface area (Å²) in [6.07, 6.45) is 5.37. The van der Waals surface area contributed by atoms with E-state index in [-0.39, 0.29) is 0 Å². The summed E-state index contributed by atoms with van der Waals surface area (Å²) in [6, 6.07) is 10.9. The van der Waals surface area contributed by atoms with Crippen LogP contribution in [0, 0.1) is 0 Å². The molecular weight excluding hydrogens is 198 g/mol. The zero-order chi connectivity index (χ0) is 11.2. The van der Waals surface area contributed by atoms with Crippen LogP contribution in [0.25, 0.3) is 0 Å². The van der Waals surface area contributed by atoms with Gasteiger partial charge in [-0.3, -0.25) is 0 Å². The maximum absolute atomic E-state index is 5.81. The molecule has 1 unspecified atom stereocenters. The van der Waals surface area contributed by atoms with Crippen molar-refractivity contribution in [2.45, 2.75) is 44.8 Å². The molecule has 16 heavy (non-hydrogen) atoms. The molecule has 0 radical (unpaired) electrons. The van der Waals surface area contributed by atoms with Gasteiger partial charge in [-0.25, -0.2) is 0 Å². The summed E-state index contributed by atoms with van der Waals surface area (Å²) >= 11 is 0. The van der Waals surface area contributed by atoms with Crippen LogP contribution >= 0.6 is 0 Å². The molecule has 2 nitrogen and oxygen atoms in total. The normalized spacial score (nSPS) is 17.1. The molecule has 0 saturated heterocycles. The molecule has 1 atom stereocenters. The number of rotatable bonds is 7. The minimum absolute atomic E-state index is 0.309. The summed E-state index contributed by atoms with van der Waals surface area (Å²) in [6.45, 7) is 3.28. The van der Waals surface area contributed by atoms with Gasteiger partial charge in [-0.1, -0.05) is 18.2 Å². The summed E-state index contributed by atoms with van der Waals surface area (Å²) in [7, 11) is 0. The van der Waals surface area contributed by atoms with Gasteiger partial charge in [0.15, 0.2) is 0 Å². The Hall–Kier alpha value is -1.02. The lowest BCUT2D eigenvalue weighted by atomic mass is 10.2. The van der Waals surface area contributed by atoms with Crippen LogP contribution in [0.2, 0.25) is 0 Å². The Bertz CT molecular complexity index is 295. The van der Waals surface area contributed by atoms with E-state index >= 15 is 0 Å². The van der Waals surface area contributed by atoms with Crippen molar-refractivity contribution >= 4 is 0 Å². The summed E-state index contributed by atoms with van der Waals surface area (Å²) in [5.74, 6) is 0.977. The highest BCUT2D eigenvalue weighted by atomic mass is 16.5. The van der Waals surface area contributed by atoms with Gasteiger partial charge in [-0.05, 0) is 51.3 Å². The molecule has 1 fully saturated rings. The fourth-order valence-corrected chi connectivity index (χ4v) is 1.77. The molecule has 0 spiro atoms. The largest absolute Gasteiger partial charge is 0.491 e. The first kappa shape index (κ1) is 11.5. The number of para-hydroxylation sites is 1. The standard InChI is InChI=1S/C14H21NO/c1-12(6-5-11-15-13-9-10-13)16-14-7-3-2-4-8-14/h2-4,7-8,12-13,15H,5-6,9-11H2,1H3. The molecule has 2 rings (SSSR count). The van der Waals surface area contributed by atoms with E-state index < -0.39 is 0 Å². The number of hydrogen-bond donors (Lipinski definition) is 1. The lowest BCUT2D eigenvalue weighted by Gasteiger charge is -2.14. The molecule has 88 valence electrons. The van der Waals surface area contributed by atoms with Crippen LogP contribution in [-0.4, -0.2) is 18.7 Å². The van der Waals surface area contributed by atoms with Gasteiger partial charge in [0.25, 0.3) is 0 Å². The third-order valence-electron chi connectivity index (χ3n) is 2.88. The molecule has 0 heterocycles. The van der Waals surface area contributed by atoms with Gasteiger partial charge in [0.2, 0.25) is 0 Å². The molecule has 1 aromatic rings. The van der Waals surface area contributed by atoms with Crippen LogP contribution < -0.4 is 10.1 Å². The van der Waals surface area contributed by atoms with E-state index in [2.05, 4.69) is 12.2 Å². The third-order valence-corrected chi connectivity index (χ3v) is 2.88. The van der Waals surface area contributed by atoms with Crippen molar-refractivity contribution in [1.29, 1.82) is 0 Å². The fraction of sp³-hybridized carbons (Fsp3) is 0.571. The van der Waals surface area contributed by atoms with Gasteiger partial charge >= 0.3 is 0 Å². The molecule has 1 saturated carbocycles. The second-order valence-corrected chi connectivity index (χ2v) is 4.61. The van der Waals surface area contributed by atoms with Crippen LogP contribution in [0.1, 0.15) is 32.6 Å². The first-order chi connectivity index (χ1) is 7.84. The van der Waals surface area contributed by atoms with Crippen LogP contribution in [0.5, 0.6) is 5.75 Å². The van der Waals surface area contributed by atoms with Crippen LogP contribution in [-0.2, 0) is 0 Å². The van der Waals surface area contributed by atoms with Crippen molar-refractivity contribution in [1.82, 2.24) is 5.32 Å². The molecule has 1 aliphatic rings. The highest BCUT2D eigenvalue weighted by Gasteiger charge is 2.19. The zero-order valence-corrected chi connectivity index (χ0v) is 9.99. The fourth-order valence-electron chi connectivity index (χ4n) is 1.77. The maximum Gasteiger partial charge on any atom is 0.119 e. The van der Waals surface area contributed by atoms with Gasteiger partial charge in [0.1, 0.15) is 5.75 Å². The van der Waals surface area contributed by atoms with E-state index in [1.807, 2.05) is 30.3 Å². The second-order valence-electron chi connectivity index (χ2n) is 4.61. The first-order valence-corrected chi connectivity index (χ1v) is 6.29. The minimum Gasteiger partial charge on any atom is -0.491 e. The highest BCUT2D eigenvalue weighted by Crippen LogP contribution is 2.18. The van der Waals surface area contributed by atoms with Crippen molar-refractivity contribution < 1.29 is 4.74 Å². The summed E-state index contributed by atoms with van der Waals surface area (Å²) in [4.78, 5) is 0. The van der Waals surface area contributed by atoms with E-state index in [1.54, 1.807) is 0 Å². The van der Waals surface area contributed by atoms with Crippen molar-refractivity contribution in [2.24, 2.45) is 0 Å². The SMILES string of the molecule is CC(CCCNC1CC1)Oc1ccccc1. The van der Waals surface area contributed by atoms with E-state index in [0.717, 1.165) is 24.8 Å². The Morgan fingerprint density at radius 3 is 2.75 bits per heavy atom. The Balaban J connectivity index is 1.58. The Morgan fingerprint density at radius 1 is 1.31 bits per heavy atom. The number of nitrogens with one attached hydrogen (secondary N) is 1. The molecule has 0 aromatic heterocycles. The lowest BCUT2D eigenvalue weighted by Crippen LogP contribution is -2.20. The van der Waals surface area contributed by atoms with Gasteiger partial charge in [-0.15, -0.1) is 0 Å². The first-order valence-electron chi connectivity index (χ1n) is 6.29. The number of hydrogen-bond acceptors (Lipinski definition) is 2. The van der Waals surface area contributed by atoms with Crippen molar-refractivity contribution in [3.8, 4) is 5.75 Å². The minimum atomic E-state index is 0.309. The van der Waals surface area contributed by atoms with E-state index in [0.29, 0.717) is 6.10 Å². The smallest absolute Gasteiger partial charge is 0.119 e. The van der Waals surface area contributed by atoms with Gasteiger partial charge in [-0.2, -0.15) is 0 Å². The molecule has 1 aliphatic carbocycles. The van der Waals surface area contributed by atoms with Crippen LogP contribution in [0.15, 0.2) is 30.3 Å². The van der Waals surface area contributed by atoms with Crippen molar-refractivity contribution in [3.05, 3.63) is 30.3 Å². The predicted molar refractivity (Wildman–Crippen MR) is 66.8 cm³/mol. The van der Waals surface area contributed by atoms with Crippen molar-refractivity contribution in [2.75, 3.05) is 6.54 Å². The average molecular weight is 219 g/mol. The van der Waals surface area contributed by atoms with E-state index in [1.165, 1.54) is 19.3 Å².